The maximum atomic E-state index is 13.0. The van der Waals surface area contributed by atoms with Gasteiger partial charge in [0.05, 0.1) is 11.6 Å². The lowest BCUT2D eigenvalue weighted by Crippen LogP contribution is -2.42. The first-order valence-corrected chi connectivity index (χ1v) is 9.66. The lowest BCUT2D eigenvalue weighted by molar-refractivity contribution is 0.0135. The van der Waals surface area contributed by atoms with Crippen molar-refractivity contribution in [2.24, 2.45) is 5.92 Å². The van der Waals surface area contributed by atoms with E-state index < -0.39 is 5.60 Å². The number of aliphatic hydroxyl groups is 1. The largest absolute Gasteiger partial charge is 0.383 e. The summed E-state index contributed by atoms with van der Waals surface area (Å²) in [5.41, 5.74) is 1.08. The number of benzene rings is 2. The fraction of sp³-hybridized carbons (Fsp3) is 0.273. The van der Waals surface area contributed by atoms with Crippen molar-refractivity contribution < 1.29 is 14.4 Å². The van der Waals surface area contributed by atoms with E-state index >= 15 is 0 Å². The third-order valence-electron chi connectivity index (χ3n) is 5.26. The number of nitrogens with zero attached hydrogens (tertiary/aromatic N) is 1. The molecular weight excluding hydrogens is 376 g/mol. The number of aromatic nitrogens is 1. The predicted molar refractivity (Wildman–Crippen MR) is 107 cm³/mol. The van der Waals surface area contributed by atoms with Gasteiger partial charge >= 0.3 is 0 Å². The first-order chi connectivity index (χ1) is 13.5. The topological polar surface area (TPSA) is 75.4 Å². The molecule has 1 atom stereocenters. The van der Waals surface area contributed by atoms with E-state index in [2.05, 4.69) is 10.5 Å². The summed E-state index contributed by atoms with van der Waals surface area (Å²) in [5, 5.41) is 18.7. The second-order valence-corrected chi connectivity index (χ2v) is 7.60. The predicted octanol–water partition coefficient (Wildman–Crippen LogP) is 4.33. The molecule has 1 amide bonds. The molecule has 1 saturated carbocycles. The molecule has 144 valence electrons. The highest BCUT2D eigenvalue weighted by molar-refractivity contribution is 6.33. The second kappa shape index (κ2) is 7.41. The highest BCUT2D eigenvalue weighted by Gasteiger charge is 2.45. The van der Waals surface area contributed by atoms with Gasteiger partial charge in [-0.15, -0.1) is 0 Å². The number of hydrogen-bond acceptors (Lipinski definition) is 4. The van der Waals surface area contributed by atoms with Gasteiger partial charge in [0.1, 0.15) is 22.6 Å². The Morgan fingerprint density at radius 1 is 1.21 bits per heavy atom. The van der Waals surface area contributed by atoms with Crippen LogP contribution in [0.3, 0.4) is 0 Å². The first kappa shape index (κ1) is 18.7. The summed E-state index contributed by atoms with van der Waals surface area (Å²) in [4.78, 5) is 13.0. The summed E-state index contributed by atoms with van der Waals surface area (Å²) in [6.45, 7) is 1.81. The molecule has 0 saturated heterocycles. The fourth-order valence-corrected chi connectivity index (χ4v) is 3.78. The minimum absolute atomic E-state index is 0.118. The van der Waals surface area contributed by atoms with Gasteiger partial charge in [-0.25, -0.2) is 0 Å². The summed E-state index contributed by atoms with van der Waals surface area (Å²) in [7, 11) is 0. The van der Waals surface area contributed by atoms with Gasteiger partial charge in [0.25, 0.3) is 5.91 Å². The van der Waals surface area contributed by atoms with E-state index in [1.165, 1.54) is 0 Å². The molecular formula is C22H21ClN2O3. The zero-order valence-corrected chi connectivity index (χ0v) is 16.2. The van der Waals surface area contributed by atoms with Crippen LogP contribution in [0.1, 0.15) is 34.5 Å². The maximum absolute atomic E-state index is 13.0. The molecule has 6 heteroatoms. The van der Waals surface area contributed by atoms with E-state index in [1.54, 1.807) is 19.1 Å². The Morgan fingerprint density at radius 3 is 2.57 bits per heavy atom. The summed E-state index contributed by atoms with van der Waals surface area (Å²) in [6.07, 6.45) is 1.89. The average molecular weight is 397 g/mol. The molecule has 2 aromatic carbocycles. The van der Waals surface area contributed by atoms with E-state index in [0.717, 1.165) is 18.4 Å². The Bertz CT molecular complexity index is 998. The van der Waals surface area contributed by atoms with E-state index in [4.69, 9.17) is 16.1 Å². The molecule has 28 heavy (non-hydrogen) atoms. The quantitative estimate of drug-likeness (QED) is 0.650. The third kappa shape index (κ3) is 3.43. The van der Waals surface area contributed by atoms with Crippen molar-refractivity contribution in [1.82, 2.24) is 10.5 Å². The second-order valence-electron chi connectivity index (χ2n) is 7.19. The van der Waals surface area contributed by atoms with Crippen LogP contribution in [0.4, 0.5) is 0 Å². The smallest absolute Gasteiger partial charge is 0.257 e. The molecule has 1 aliphatic carbocycles. The summed E-state index contributed by atoms with van der Waals surface area (Å²) >= 11 is 6.27. The zero-order chi connectivity index (χ0) is 19.7. The van der Waals surface area contributed by atoms with Crippen LogP contribution in [0.2, 0.25) is 5.02 Å². The molecule has 1 fully saturated rings. The van der Waals surface area contributed by atoms with Crippen molar-refractivity contribution >= 4 is 17.5 Å². The maximum Gasteiger partial charge on any atom is 0.257 e. The Balaban J connectivity index is 1.60. The standard InChI is InChI=1S/C22H21ClN2O3/c1-14-19(20(25-28-14)17-9-5-6-10-18(17)23)21(26)24-13-22(27,16-11-12-16)15-7-3-2-4-8-15/h2-10,16,27H,11-13H2,1H3,(H,24,26). The van der Waals surface area contributed by atoms with E-state index in [1.807, 2.05) is 42.5 Å². The first-order valence-electron chi connectivity index (χ1n) is 9.28. The van der Waals surface area contributed by atoms with Gasteiger partial charge in [-0.2, -0.15) is 0 Å². The number of aryl methyl sites for hydroxylation is 1. The lowest BCUT2D eigenvalue weighted by atomic mass is 9.88. The Morgan fingerprint density at radius 2 is 1.89 bits per heavy atom. The van der Waals surface area contributed by atoms with Crippen molar-refractivity contribution in [2.45, 2.75) is 25.4 Å². The van der Waals surface area contributed by atoms with Gasteiger partial charge in [-0.1, -0.05) is 65.3 Å². The number of carbonyl (C=O) groups is 1. The molecule has 1 heterocycles. The molecule has 0 radical (unpaired) electrons. The minimum Gasteiger partial charge on any atom is -0.383 e. The van der Waals surface area contributed by atoms with Crippen molar-refractivity contribution in [2.75, 3.05) is 6.54 Å². The Kier molecular flexibility index (Phi) is 4.96. The number of carbonyl (C=O) groups excluding carboxylic acids is 1. The molecule has 4 rings (SSSR count). The Labute approximate surface area is 168 Å². The monoisotopic (exact) mass is 396 g/mol. The third-order valence-corrected chi connectivity index (χ3v) is 5.59. The van der Waals surface area contributed by atoms with Crippen LogP contribution < -0.4 is 5.32 Å². The van der Waals surface area contributed by atoms with Gasteiger partial charge in [0.2, 0.25) is 0 Å². The SMILES string of the molecule is Cc1onc(-c2ccccc2Cl)c1C(=O)NCC(O)(c1ccccc1)C1CC1. The van der Waals surface area contributed by atoms with Gasteiger partial charge in [0.15, 0.2) is 0 Å². The van der Waals surface area contributed by atoms with Gasteiger partial charge in [-0.3, -0.25) is 4.79 Å². The highest BCUT2D eigenvalue weighted by Crippen LogP contribution is 2.45. The Hall–Kier alpha value is -2.63. The zero-order valence-electron chi connectivity index (χ0n) is 15.5. The van der Waals surface area contributed by atoms with Crippen LogP contribution >= 0.6 is 11.6 Å². The van der Waals surface area contributed by atoms with E-state index in [-0.39, 0.29) is 18.4 Å². The average Bonchev–Trinajstić information content (AvgIpc) is 3.50. The molecule has 0 aliphatic heterocycles. The number of amides is 1. The highest BCUT2D eigenvalue weighted by atomic mass is 35.5. The molecule has 0 bridgehead atoms. The van der Waals surface area contributed by atoms with E-state index in [9.17, 15) is 9.90 Å². The van der Waals surface area contributed by atoms with Crippen LogP contribution in [0.5, 0.6) is 0 Å². The van der Waals surface area contributed by atoms with Gasteiger partial charge in [-0.05, 0) is 37.3 Å². The van der Waals surface area contributed by atoms with Crippen molar-refractivity contribution in [3.63, 3.8) is 0 Å². The fourth-order valence-electron chi connectivity index (χ4n) is 3.55. The summed E-state index contributed by atoms with van der Waals surface area (Å²) in [5.74, 6) is 0.201. The summed E-state index contributed by atoms with van der Waals surface area (Å²) in [6, 6.07) is 16.7. The van der Waals surface area contributed by atoms with Crippen LogP contribution in [0.15, 0.2) is 59.1 Å². The molecule has 5 nitrogen and oxygen atoms in total. The van der Waals surface area contributed by atoms with Crippen LogP contribution in [0, 0.1) is 12.8 Å². The number of nitrogens with one attached hydrogen (secondary N) is 1. The molecule has 1 aromatic heterocycles. The molecule has 2 N–H and O–H groups in total. The summed E-state index contributed by atoms with van der Waals surface area (Å²) < 4.78 is 5.27. The van der Waals surface area contributed by atoms with Crippen LogP contribution in [-0.2, 0) is 5.60 Å². The van der Waals surface area contributed by atoms with E-state index in [0.29, 0.717) is 27.6 Å². The normalized spacial score (nSPS) is 15.8. The minimum atomic E-state index is -1.09. The van der Waals surface area contributed by atoms with Gasteiger partial charge in [0, 0.05) is 5.56 Å². The van der Waals surface area contributed by atoms with Crippen molar-refractivity contribution in [3.05, 3.63) is 76.5 Å². The van der Waals surface area contributed by atoms with Crippen LogP contribution in [-0.4, -0.2) is 22.7 Å². The number of halogens is 1. The van der Waals surface area contributed by atoms with Gasteiger partial charge < -0.3 is 14.9 Å². The molecule has 1 aliphatic rings. The number of hydrogen-bond donors (Lipinski definition) is 2. The molecule has 1 unspecified atom stereocenters. The number of rotatable bonds is 6. The van der Waals surface area contributed by atoms with Crippen molar-refractivity contribution in [3.8, 4) is 11.3 Å². The van der Waals surface area contributed by atoms with Crippen LogP contribution in [0.25, 0.3) is 11.3 Å². The molecule has 0 spiro atoms. The molecule has 3 aromatic rings. The lowest BCUT2D eigenvalue weighted by Gasteiger charge is -2.29. The van der Waals surface area contributed by atoms with Crippen molar-refractivity contribution in [1.29, 1.82) is 0 Å².